The molecule has 1 aliphatic carbocycles. The monoisotopic (exact) mass is 281 g/mol. The number of nitrogens with one attached hydrogen (secondary N) is 1. The van der Waals surface area contributed by atoms with Crippen molar-refractivity contribution in [2.75, 3.05) is 6.54 Å². The molecule has 0 aromatic carbocycles. The molecule has 2 aromatic rings. The summed E-state index contributed by atoms with van der Waals surface area (Å²) in [7, 11) is 0. The summed E-state index contributed by atoms with van der Waals surface area (Å²) in [5.41, 5.74) is 5.20. The van der Waals surface area contributed by atoms with E-state index in [1.807, 2.05) is 24.5 Å². The van der Waals surface area contributed by atoms with Crippen molar-refractivity contribution in [3.05, 3.63) is 59.2 Å². The van der Waals surface area contributed by atoms with Crippen LogP contribution in [0.2, 0.25) is 0 Å². The topological polar surface area (TPSA) is 37.8 Å². The van der Waals surface area contributed by atoms with Gasteiger partial charge in [0.25, 0.3) is 0 Å². The number of pyridine rings is 2. The van der Waals surface area contributed by atoms with Gasteiger partial charge in [0.15, 0.2) is 0 Å². The van der Waals surface area contributed by atoms with Gasteiger partial charge in [-0.05, 0) is 49.1 Å². The highest BCUT2D eigenvalue weighted by Crippen LogP contribution is 2.40. The standard InChI is InChI=1S/C18H23N3/c1-3-13-7-5-12-21-17(13)18(19-4-2)15-10-9-14-8-6-11-20-16(14)15/h5-8,11-12,15,18-19H,3-4,9-10H2,1-2H3. The Balaban J connectivity index is 2.00. The van der Waals surface area contributed by atoms with Gasteiger partial charge < -0.3 is 5.32 Å². The zero-order chi connectivity index (χ0) is 14.7. The summed E-state index contributed by atoms with van der Waals surface area (Å²) in [5, 5.41) is 3.65. The summed E-state index contributed by atoms with van der Waals surface area (Å²) >= 11 is 0. The van der Waals surface area contributed by atoms with Crippen molar-refractivity contribution in [3.63, 3.8) is 0 Å². The molecule has 0 fully saturated rings. The van der Waals surface area contributed by atoms with Crippen molar-refractivity contribution in [1.29, 1.82) is 0 Å². The van der Waals surface area contributed by atoms with Crippen molar-refractivity contribution in [2.24, 2.45) is 0 Å². The number of rotatable bonds is 5. The van der Waals surface area contributed by atoms with Crippen molar-refractivity contribution in [3.8, 4) is 0 Å². The number of hydrogen-bond acceptors (Lipinski definition) is 3. The first-order chi connectivity index (χ1) is 10.3. The average molecular weight is 281 g/mol. The fourth-order valence-corrected chi connectivity index (χ4v) is 3.45. The van der Waals surface area contributed by atoms with E-state index in [0.717, 1.165) is 25.8 Å². The van der Waals surface area contributed by atoms with E-state index < -0.39 is 0 Å². The Labute approximate surface area is 126 Å². The molecule has 1 N–H and O–H groups in total. The zero-order valence-electron chi connectivity index (χ0n) is 12.8. The van der Waals surface area contributed by atoms with Crippen LogP contribution < -0.4 is 5.32 Å². The van der Waals surface area contributed by atoms with E-state index in [-0.39, 0.29) is 6.04 Å². The smallest absolute Gasteiger partial charge is 0.0611 e. The second kappa shape index (κ2) is 6.35. The van der Waals surface area contributed by atoms with E-state index in [0.29, 0.717) is 5.92 Å². The van der Waals surface area contributed by atoms with Crippen molar-refractivity contribution >= 4 is 0 Å². The number of nitrogens with zero attached hydrogens (tertiary/aromatic N) is 2. The molecule has 110 valence electrons. The minimum absolute atomic E-state index is 0.266. The summed E-state index contributed by atoms with van der Waals surface area (Å²) < 4.78 is 0. The van der Waals surface area contributed by atoms with Gasteiger partial charge in [0, 0.05) is 24.0 Å². The Kier molecular flexibility index (Phi) is 4.30. The molecule has 0 amide bonds. The van der Waals surface area contributed by atoms with Crippen LogP contribution in [-0.2, 0) is 12.8 Å². The number of fused-ring (bicyclic) bond motifs is 1. The zero-order valence-corrected chi connectivity index (χ0v) is 12.8. The van der Waals surface area contributed by atoms with Crippen LogP contribution >= 0.6 is 0 Å². The summed E-state index contributed by atoms with van der Waals surface area (Å²) in [4.78, 5) is 9.35. The maximum absolute atomic E-state index is 4.70. The predicted molar refractivity (Wildman–Crippen MR) is 85.3 cm³/mol. The molecule has 2 unspecified atom stereocenters. The first-order valence-corrected chi connectivity index (χ1v) is 7.96. The molecule has 0 saturated carbocycles. The van der Waals surface area contributed by atoms with Crippen LogP contribution in [0.5, 0.6) is 0 Å². The SMILES string of the molecule is CCNC(c1ncccc1CC)C1CCc2cccnc21. The summed E-state index contributed by atoms with van der Waals surface area (Å²) in [6.45, 7) is 5.31. The van der Waals surface area contributed by atoms with Crippen LogP contribution in [0.4, 0.5) is 0 Å². The molecule has 0 radical (unpaired) electrons. The highest BCUT2D eigenvalue weighted by Gasteiger charge is 2.33. The number of hydrogen-bond donors (Lipinski definition) is 1. The third-order valence-electron chi connectivity index (χ3n) is 4.43. The van der Waals surface area contributed by atoms with Gasteiger partial charge in [-0.2, -0.15) is 0 Å². The molecule has 0 aliphatic heterocycles. The van der Waals surface area contributed by atoms with E-state index in [1.165, 1.54) is 22.5 Å². The highest BCUT2D eigenvalue weighted by atomic mass is 15.0. The van der Waals surface area contributed by atoms with Crippen LogP contribution in [0.15, 0.2) is 36.7 Å². The minimum atomic E-state index is 0.266. The van der Waals surface area contributed by atoms with E-state index in [1.54, 1.807) is 0 Å². The molecule has 0 bridgehead atoms. The Morgan fingerprint density at radius 3 is 2.81 bits per heavy atom. The minimum Gasteiger partial charge on any atom is -0.308 e. The maximum Gasteiger partial charge on any atom is 0.0611 e. The normalized spacial score (nSPS) is 18.5. The third kappa shape index (κ3) is 2.70. The highest BCUT2D eigenvalue weighted by molar-refractivity contribution is 5.34. The number of aromatic nitrogens is 2. The quantitative estimate of drug-likeness (QED) is 0.912. The predicted octanol–water partition coefficient (Wildman–Crippen LogP) is 3.42. The fraction of sp³-hybridized carbons (Fsp3) is 0.444. The van der Waals surface area contributed by atoms with E-state index in [9.17, 15) is 0 Å². The second-order valence-electron chi connectivity index (χ2n) is 5.63. The molecule has 2 atom stereocenters. The molecule has 0 saturated heterocycles. The van der Waals surface area contributed by atoms with Crippen LogP contribution in [0.3, 0.4) is 0 Å². The lowest BCUT2D eigenvalue weighted by Gasteiger charge is -2.26. The van der Waals surface area contributed by atoms with E-state index in [2.05, 4.69) is 36.3 Å². The van der Waals surface area contributed by atoms with Crippen LogP contribution in [0.25, 0.3) is 0 Å². The lowest BCUT2D eigenvalue weighted by Crippen LogP contribution is -2.28. The Morgan fingerprint density at radius 2 is 2.00 bits per heavy atom. The lowest BCUT2D eigenvalue weighted by atomic mass is 9.91. The molecule has 21 heavy (non-hydrogen) atoms. The van der Waals surface area contributed by atoms with Gasteiger partial charge in [0.05, 0.1) is 11.7 Å². The number of aryl methyl sites for hydroxylation is 2. The van der Waals surface area contributed by atoms with Gasteiger partial charge in [-0.25, -0.2) is 0 Å². The van der Waals surface area contributed by atoms with Gasteiger partial charge in [0.2, 0.25) is 0 Å². The molecule has 2 aromatic heterocycles. The second-order valence-corrected chi connectivity index (χ2v) is 5.63. The molecule has 3 heteroatoms. The summed E-state index contributed by atoms with van der Waals surface area (Å²) in [6, 6.07) is 8.75. The Bertz CT molecular complexity index is 609. The molecule has 1 aliphatic rings. The first-order valence-electron chi connectivity index (χ1n) is 7.96. The summed E-state index contributed by atoms with van der Waals surface area (Å²) in [6.07, 6.45) is 7.13. The maximum atomic E-state index is 4.70. The van der Waals surface area contributed by atoms with Crippen molar-refractivity contribution in [1.82, 2.24) is 15.3 Å². The van der Waals surface area contributed by atoms with Gasteiger partial charge in [0.1, 0.15) is 0 Å². The molecular formula is C18H23N3. The van der Waals surface area contributed by atoms with Gasteiger partial charge in [-0.1, -0.05) is 26.0 Å². The van der Waals surface area contributed by atoms with Crippen LogP contribution in [0.1, 0.15) is 54.7 Å². The fourth-order valence-electron chi connectivity index (χ4n) is 3.45. The van der Waals surface area contributed by atoms with Gasteiger partial charge in [-0.3, -0.25) is 9.97 Å². The van der Waals surface area contributed by atoms with Gasteiger partial charge >= 0.3 is 0 Å². The van der Waals surface area contributed by atoms with E-state index in [4.69, 9.17) is 4.98 Å². The summed E-state index contributed by atoms with van der Waals surface area (Å²) in [5.74, 6) is 0.432. The van der Waals surface area contributed by atoms with Gasteiger partial charge in [-0.15, -0.1) is 0 Å². The molecule has 2 heterocycles. The Morgan fingerprint density at radius 1 is 1.19 bits per heavy atom. The van der Waals surface area contributed by atoms with E-state index >= 15 is 0 Å². The molecule has 0 spiro atoms. The Hall–Kier alpha value is -1.74. The van der Waals surface area contributed by atoms with Crippen LogP contribution in [-0.4, -0.2) is 16.5 Å². The third-order valence-corrected chi connectivity index (χ3v) is 4.43. The lowest BCUT2D eigenvalue weighted by molar-refractivity contribution is 0.435. The first kappa shape index (κ1) is 14.2. The van der Waals surface area contributed by atoms with Crippen molar-refractivity contribution in [2.45, 2.75) is 45.1 Å². The number of likely N-dealkylation sites (N-methyl/N-ethyl adjacent to an activating group) is 1. The van der Waals surface area contributed by atoms with Crippen molar-refractivity contribution < 1.29 is 0 Å². The largest absolute Gasteiger partial charge is 0.308 e. The molecular weight excluding hydrogens is 258 g/mol. The van der Waals surface area contributed by atoms with Crippen LogP contribution in [0, 0.1) is 0 Å². The molecule has 3 nitrogen and oxygen atoms in total. The molecule has 3 rings (SSSR count). The average Bonchev–Trinajstić information content (AvgIpc) is 2.96.